The summed E-state index contributed by atoms with van der Waals surface area (Å²) < 4.78 is 32.4. The van der Waals surface area contributed by atoms with Crippen molar-refractivity contribution in [1.29, 1.82) is 0 Å². The number of aliphatic hydroxyl groups is 7. The molecule has 14 heteroatoms. The average molecular weight is 520 g/mol. The summed E-state index contributed by atoms with van der Waals surface area (Å²) in [4.78, 5) is 12.1. The van der Waals surface area contributed by atoms with Gasteiger partial charge < -0.3 is 64.2 Å². The molecule has 11 atom stereocenters. The third-order valence-corrected chi connectivity index (χ3v) is 7.06. The molecule has 0 amide bonds. The number of hydrogen-bond acceptors (Lipinski definition) is 14. The third kappa shape index (κ3) is 4.91. The van der Waals surface area contributed by atoms with Gasteiger partial charge in [0.2, 0.25) is 6.29 Å². The Balaban J connectivity index is 1.44. The number of hydrogen-bond donors (Lipinski definition) is 7. The molecule has 2 saturated heterocycles. The van der Waals surface area contributed by atoms with E-state index in [2.05, 4.69) is 0 Å². The van der Waals surface area contributed by atoms with E-state index < -0.39 is 86.0 Å². The van der Waals surface area contributed by atoms with Crippen LogP contribution in [0.15, 0.2) is 23.5 Å². The van der Waals surface area contributed by atoms with E-state index in [0.29, 0.717) is 12.0 Å². The predicted molar refractivity (Wildman–Crippen MR) is 113 cm³/mol. The maximum atomic E-state index is 12.1. The summed E-state index contributed by atoms with van der Waals surface area (Å²) in [5.41, 5.74) is -1.11. The molecule has 4 rings (SSSR count). The van der Waals surface area contributed by atoms with Gasteiger partial charge in [-0.3, -0.25) is 0 Å². The summed E-state index contributed by atoms with van der Waals surface area (Å²) in [6, 6.07) is 0. The molecule has 0 radical (unpaired) electrons. The number of rotatable bonds is 8. The normalized spacial score (nSPS) is 44.4. The van der Waals surface area contributed by atoms with E-state index in [-0.39, 0.29) is 18.8 Å². The van der Waals surface area contributed by atoms with Gasteiger partial charge in [0.05, 0.1) is 51.3 Å². The first kappa shape index (κ1) is 27.3. The van der Waals surface area contributed by atoms with Crippen molar-refractivity contribution in [2.75, 3.05) is 33.5 Å². The minimum Gasteiger partial charge on any atom is -0.471 e. The fourth-order valence-electron chi connectivity index (χ4n) is 4.84. The van der Waals surface area contributed by atoms with Crippen LogP contribution in [0.1, 0.15) is 6.42 Å². The number of ether oxygens (including phenoxy) is 6. The standard InChI is InChI=1S/C22H32O14/c1-31-18(29)11-5-32-19(13-9(4-23)2-3-10(11)13)36-20-16(27)15(26)14(25)12(35-20)6-33-21-17(28)22(30,7-24)8-34-21/h2,5,10,12-17,19-21,23-28,30H,3-4,6-8H2,1H3. The topological polar surface area (TPSA) is 214 Å². The molecule has 4 aliphatic rings. The second-order valence-corrected chi connectivity index (χ2v) is 9.24. The molecule has 0 aromatic rings. The summed E-state index contributed by atoms with van der Waals surface area (Å²) in [6.07, 6.45) is -8.48. The maximum Gasteiger partial charge on any atom is 0.337 e. The van der Waals surface area contributed by atoms with Gasteiger partial charge in [-0.2, -0.15) is 0 Å². The lowest BCUT2D eigenvalue weighted by atomic mass is 9.83. The molecule has 1 aliphatic carbocycles. The summed E-state index contributed by atoms with van der Waals surface area (Å²) in [6.45, 7) is -1.92. The molecule has 0 aromatic carbocycles. The smallest absolute Gasteiger partial charge is 0.337 e. The van der Waals surface area contributed by atoms with Gasteiger partial charge in [-0.15, -0.1) is 0 Å². The Morgan fingerprint density at radius 3 is 2.50 bits per heavy atom. The zero-order valence-electron chi connectivity index (χ0n) is 19.5. The summed E-state index contributed by atoms with van der Waals surface area (Å²) in [7, 11) is 1.23. The second-order valence-electron chi connectivity index (χ2n) is 9.24. The van der Waals surface area contributed by atoms with Crippen molar-refractivity contribution in [3.8, 4) is 0 Å². The zero-order valence-corrected chi connectivity index (χ0v) is 19.5. The van der Waals surface area contributed by atoms with E-state index in [9.17, 15) is 40.5 Å². The van der Waals surface area contributed by atoms with Crippen molar-refractivity contribution >= 4 is 5.97 Å². The number of esters is 1. The number of carbonyl (C=O) groups excluding carboxylic acids is 1. The lowest BCUT2D eigenvalue weighted by molar-refractivity contribution is -0.344. The van der Waals surface area contributed by atoms with E-state index >= 15 is 0 Å². The number of fused-ring (bicyclic) bond motifs is 1. The van der Waals surface area contributed by atoms with Crippen molar-refractivity contribution in [1.82, 2.24) is 0 Å². The largest absolute Gasteiger partial charge is 0.471 e. The van der Waals surface area contributed by atoms with Crippen molar-refractivity contribution in [3.05, 3.63) is 23.5 Å². The zero-order chi connectivity index (χ0) is 26.2. The van der Waals surface area contributed by atoms with Crippen LogP contribution in [0.3, 0.4) is 0 Å². The Labute approximate surface area is 205 Å². The Morgan fingerprint density at radius 2 is 1.86 bits per heavy atom. The molecule has 11 unspecified atom stereocenters. The van der Waals surface area contributed by atoms with Crippen molar-refractivity contribution in [2.24, 2.45) is 11.8 Å². The van der Waals surface area contributed by atoms with Gasteiger partial charge >= 0.3 is 5.97 Å². The van der Waals surface area contributed by atoms with Gasteiger partial charge in [0.15, 0.2) is 12.6 Å². The average Bonchev–Trinajstić information content (AvgIpc) is 3.45. The van der Waals surface area contributed by atoms with Crippen molar-refractivity contribution in [3.63, 3.8) is 0 Å². The van der Waals surface area contributed by atoms with E-state index in [4.69, 9.17) is 28.4 Å². The van der Waals surface area contributed by atoms with Crippen LogP contribution in [0.5, 0.6) is 0 Å². The highest BCUT2D eigenvalue weighted by Gasteiger charge is 2.52. The molecule has 7 N–H and O–H groups in total. The van der Waals surface area contributed by atoms with Gasteiger partial charge in [0.25, 0.3) is 0 Å². The Hall–Kier alpha value is -1.69. The Morgan fingerprint density at radius 1 is 1.11 bits per heavy atom. The van der Waals surface area contributed by atoms with Crippen LogP contribution in [-0.4, -0.2) is 130 Å². The second kappa shape index (κ2) is 11.0. The van der Waals surface area contributed by atoms with Crippen LogP contribution >= 0.6 is 0 Å². The first-order valence-corrected chi connectivity index (χ1v) is 11.5. The molecule has 0 bridgehead atoms. The highest BCUT2D eigenvalue weighted by Crippen LogP contribution is 2.44. The summed E-state index contributed by atoms with van der Waals surface area (Å²) in [5.74, 6) is -1.62. The third-order valence-electron chi connectivity index (χ3n) is 7.06. The molecule has 0 spiro atoms. The molecule has 36 heavy (non-hydrogen) atoms. The van der Waals surface area contributed by atoms with Gasteiger partial charge in [-0.1, -0.05) is 6.08 Å². The van der Waals surface area contributed by atoms with Gasteiger partial charge in [0.1, 0.15) is 36.1 Å². The number of methoxy groups -OCH3 is 1. The van der Waals surface area contributed by atoms with Crippen LogP contribution in [0.4, 0.5) is 0 Å². The van der Waals surface area contributed by atoms with Crippen LogP contribution in [0, 0.1) is 11.8 Å². The minimum absolute atomic E-state index is 0.256. The lowest BCUT2D eigenvalue weighted by Gasteiger charge is -2.43. The summed E-state index contributed by atoms with van der Waals surface area (Å²) >= 11 is 0. The predicted octanol–water partition coefficient (Wildman–Crippen LogP) is -3.76. The molecule has 3 aliphatic heterocycles. The number of allylic oxidation sites excluding steroid dienone is 1. The molecular weight excluding hydrogens is 488 g/mol. The lowest BCUT2D eigenvalue weighted by Crippen LogP contribution is -2.60. The monoisotopic (exact) mass is 520 g/mol. The molecule has 204 valence electrons. The Kier molecular flexibility index (Phi) is 8.33. The molecule has 3 heterocycles. The first-order valence-electron chi connectivity index (χ1n) is 11.5. The van der Waals surface area contributed by atoms with Crippen LogP contribution in [0.2, 0.25) is 0 Å². The molecular formula is C22H32O14. The van der Waals surface area contributed by atoms with Crippen molar-refractivity contribution in [2.45, 2.75) is 61.4 Å². The van der Waals surface area contributed by atoms with Gasteiger partial charge in [0, 0.05) is 5.92 Å². The quantitative estimate of drug-likeness (QED) is 0.121. The maximum absolute atomic E-state index is 12.1. The number of carbonyl (C=O) groups is 1. The fourth-order valence-corrected chi connectivity index (χ4v) is 4.84. The summed E-state index contributed by atoms with van der Waals surface area (Å²) in [5, 5.41) is 70.4. The van der Waals surface area contributed by atoms with E-state index in [1.54, 1.807) is 6.08 Å². The van der Waals surface area contributed by atoms with Crippen molar-refractivity contribution < 1.29 is 69.0 Å². The highest BCUT2D eigenvalue weighted by molar-refractivity contribution is 5.89. The Bertz CT molecular complexity index is 862. The van der Waals surface area contributed by atoms with E-state index in [1.165, 1.54) is 13.4 Å². The van der Waals surface area contributed by atoms with Gasteiger partial charge in [-0.05, 0) is 12.0 Å². The van der Waals surface area contributed by atoms with Crippen LogP contribution in [-0.2, 0) is 33.2 Å². The van der Waals surface area contributed by atoms with Crippen LogP contribution < -0.4 is 0 Å². The first-order chi connectivity index (χ1) is 17.1. The van der Waals surface area contributed by atoms with Gasteiger partial charge in [-0.25, -0.2) is 4.79 Å². The minimum atomic E-state index is -1.91. The van der Waals surface area contributed by atoms with Crippen LogP contribution in [0.25, 0.3) is 0 Å². The number of aliphatic hydroxyl groups excluding tert-OH is 6. The molecule has 2 fully saturated rings. The molecule has 14 nitrogen and oxygen atoms in total. The van der Waals surface area contributed by atoms with E-state index in [0.717, 1.165) is 0 Å². The SMILES string of the molecule is COC(=O)C1=COC(OC2OC(COC3OCC(O)(CO)C3O)C(O)C(O)C2O)C2C(CO)=CCC12. The molecule has 0 saturated carbocycles. The fraction of sp³-hybridized carbons (Fsp3) is 0.773. The molecule has 0 aromatic heterocycles. The van der Waals surface area contributed by atoms with E-state index in [1.807, 2.05) is 0 Å². The highest BCUT2D eigenvalue weighted by atomic mass is 16.8.